The first-order valence-corrected chi connectivity index (χ1v) is 12.3. The fourth-order valence-electron chi connectivity index (χ4n) is 4.30. The third-order valence-electron chi connectivity index (χ3n) is 5.93. The summed E-state index contributed by atoms with van der Waals surface area (Å²) in [5.41, 5.74) is 3.89. The molecule has 1 aliphatic heterocycles. The third kappa shape index (κ3) is 3.86. The van der Waals surface area contributed by atoms with Crippen LogP contribution in [0.5, 0.6) is 5.75 Å². The van der Waals surface area contributed by atoms with E-state index in [2.05, 4.69) is 23.3 Å². The molecule has 0 bridgehead atoms. The molecular formula is C25H22ClN3O3S2. The van der Waals surface area contributed by atoms with Crippen LogP contribution in [0.1, 0.15) is 21.0 Å². The van der Waals surface area contributed by atoms with Crippen LogP contribution in [0.2, 0.25) is 0 Å². The summed E-state index contributed by atoms with van der Waals surface area (Å²) in [6.45, 7) is 1.86. The Hall–Kier alpha value is -2.91. The minimum atomic E-state index is -0.275. The van der Waals surface area contributed by atoms with Gasteiger partial charge in [-0.2, -0.15) is 0 Å². The minimum absolute atomic E-state index is 0. The lowest BCUT2D eigenvalue weighted by Gasteiger charge is -2.22. The second kappa shape index (κ2) is 9.03. The van der Waals surface area contributed by atoms with Crippen LogP contribution < -0.4 is 10.1 Å². The number of amides is 1. The normalized spacial score (nSPS) is 13.6. The van der Waals surface area contributed by atoms with Gasteiger partial charge in [0.25, 0.3) is 5.91 Å². The SMILES string of the molecule is COc1cccc2cc(C(=O)Nc3sc4c(c3-c3nc5ccccc5s3)CCN(C)C4)oc12.Cl. The molecule has 0 unspecified atom stereocenters. The van der Waals surface area contributed by atoms with Crippen LogP contribution in [-0.4, -0.2) is 36.5 Å². The van der Waals surface area contributed by atoms with Gasteiger partial charge in [-0.1, -0.05) is 24.3 Å². The molecule has 0 spiro atoms. The molecule has 1 amide bonds. The van der Waals surface area contributed by atoms with Crippen LogP contribution in [0.25, 0.3) is 31.8 Å². The number of nitrogens with one attached hydrogen (secondary N) is 1. The van der Waals surface area contributed by atoms with Crippen molar-refractivity contribution in [3.8, 4) is 16.3 Å². The molecule has 0 saturated heterocycles. The van der Waals surface area contributed by atoms with Gasteiger partial charge in [0, 0.05) is 28.9 Å². The Balaban J connectivity index is 0.00000241. The Morgan fingerprint density at radius 3 is 2.85 bits per heavy atom. The molecule has 0 fully saturated rings. The zero-order valence-corrected chi connectivity index (χ0v) is 21.0. The summed E-state index contributed by atoms with van der Waals surface area (Å²) in [5, 5.41) is 5.73. The molecular weight excluding hydrogens is 490 g/mol. The topological polar surface area (TPSA) is 67.6 Å². The number of carbonyl (C=O) groups is 1. The second-order valence-electron chi connectivity index (χ2n) is 8.13. The van der Waals surface area contributed by atoms with Gasteiger partial charge in [-0.15, -0.1) is 35.1 Å². The van der Waals surface area contributed by atoms with Crippen molar-refractivity contribution in [3.05, 3.63) is 64.7 Å². The number of rotatable bonds is 4. The van der Waals surface area contributed by atoms with Gasteiger partial charge in [-0.3, -0.25) is 4.79 Å². The van der Waals surface area contributed by atoms with Crippen LogP contribution in [0.15, 0.2) is 52.9 Å². The molecule has 6 rings (SSSR count). The highest BCUT2D eigenvalue weighted by Gasteiger charge is 2.27. The summed E-state index contributed by atoms with van der Waals surface area (Å²) in [7, 11) is 3.72. The molecule has 0 aliphatic carbocycles. The first-order valence-electron chi connectivity index (χ1n) is 10.7. The van der Waals surface area contributed by atoms with Crippen molar-refractivity contribution < 1.29 is 13.9 Å². The highest BCUT2D eigenvalue weighted by atomic mass is 35.5. The number of thiophene rings is 1. The molecule has 9 heteroatoms. The number of hydrogen-bond acceptors (Lipinski definition) is 7. The standard InChI is InChI=1S/C25H21N3O3S2.ClH/c1-28-11-10-15-20(13-28)33-25(21(15)24-26-16-7-3-4-9-19(16)32-24)27-23(29)18-12-14-6-5-8-17(30-2)22(14)31-18;/h3-9,12H,10-11,13H2,1-2H3,(H,27,29);1H. The lowest BCUT2D eigenvalue weighted by Crippen LogP contribution is -2.25. The Kier molecular flexibility index (Phi) is 6.07. The number of para-hydroxylation sites is 2. The molecule has 3 aromatic heterocycles. The van der Waals surface area contributed by atoms with Crippen molar-refractivity contribution in [1.29, 1.82) is 0 Å². The fraction of sp³-hybridized carbons (Fsp3) is 0.200. The number of aromatic nitrogens is 1. The molecule has 174 valence electrons. The number of ether oxygens (including phenoxy) is 1. The average molecular weight is 512 g/mol. The van der Waals surface area contributed by atoms with Crippen molar-refractivity contribution in [2.75, 3.05) is 26.0 Å². The molecule has 0 radical (unpaired) electrons. The van der Waals surface area contributed by atoms with E-state index in [-0.39, 0.29) is 24.1 Å². The number of furan rings is 1. The van der Waals surface area contributed by atoms with Gasteiger partial charge in [-0.25, -0.2) is 4.98 Å². The van der Waals surface area contributed by atoms with Gasteiger partial charge >= 0.3 is 0 Å². The predicted molar refractivity (Wildman–Crippen MR) is 141 cm³/mol. The van der Waals surface area contributed by atoms with E-state index in [0.29, 0.717) is 11.3 Å². The summed E-state index contributed by atoms with van der Waals surface area (Å²) in [6, 6.07) is 15.5. The Morgan fingerprint density at radius 1 is 1.18 bits per heavy atom. The van der Waals surface area contributed by atoms with Gasteiger partial charge < -0.3 is 19.4 Å². The second-order valence-corrected chi connectivity index (χ2v) is 10.3. The summed E-state index contributed by atoms with van der Waals surface area (Å²) in [4.78, 5) is 21.7. The highest BCUT2D eigenvalue weighted by molar-refractivity contribution is 7.23. The van der Waals surface area contributed by atoms with E-state index < -0.39 is 0 Å². The molecule has 2 aromatic carbocycles. The Morgan fingerprint density at radius 2 is 2.03 bits per heavy atom. The number of fused-ring (bicyclic) bond motifs is 3. The first kappa shape index (κ1) is 22.9. The molecule has 1 aliphatic rings. The summed E-state index contributed by atoms with van der Waals surface area (Å²) < 4.78 is 12.4. The lowest BCUT2D eigenvalue weighted by molar-refractivity contribution is 0.0999. The number of methoxy groups -OCH3 is 1. The van der Waals surface area contributed by atoms with Crippen molar-refractivity contribution in [3.63, 3.8) is 0 Å². The van der Waals surface area contributed by atoms with E-state index in [4.69, 9.17) is 14.1 Å². The van der Waals surface area contributed by atoms with Crippen molar-refractivity contribution >= 4 is 67.2 Å². The van der Waals surface area contributed by atoms with Crippen LogP contribution in [0.4, 0.5) is 5.00 Å². The van der Waals surface area contributed by atoms with E-state index in [1.54, 1.807) is 35.8 Å². The molecule has 4 heterocycles. The third-order valence-corrected chi connectivity index (χ3v) is 8.12. The minimum Gasteiger partial charge on any atom is -0.493 e. The molecule has 6 nitrogen and oxygen atoms in total. The Labute approximate surface area is 210 Å². The van der Waals surface area contributed by atoms with Crippen molar-refractivity contribution in [1.82, 2.24) is 9.88 Å². The van der Waals surface area contributed by atoms with E-state index in [0.717, 1.165) is 50.7 Å². The molecule has 1 N–H and O–H groups in total. The number of anilines is 1. The van der Waals surface area contributed by atoms with Crippen LogP contribution in [0, 0.1) is 0 Å². The van der Waals surface area contributed by atoms with Gasteiger partial charge in [0.15, 0.2) is 17.1 Å². The Bertz CT molecular complexity index is 1490. The first-order chi connectivity index (χ1) is 16.1. The zero-order valence-electron chi connectivity index (χ0n) is 18.6. The number of hydrogen-bond donors (Lipinski definition) is 1. The smallest absolute Gasteiger partial charge is 0.292 e. The average Bonchev–Trinajstić information content (AvgIpc) is 3.52. The van der Waals surface area contributed by atoms with Crippen LogP contribution in [-0.2, 0) is 13.0 Å². The fourth-order valence-corrected chi connectivity index (χ4v) is 6.73. The number of carbonyl (C=O) groups excluding carboxylic acids is 1. The van der Waals surface area contributed by atoms with Gasteiger partial charge in [-0.05, 0) is 43.3 Å². The number of halogens is 1. The maximum absolute atomic E-state index is 13.2. The van der Waals surface area contributed by atoms with Gasteiger partial charge in [0.05, 0.1) is 17.3 Å². The van der Waals surface area contributed by atoms with E-state index in [1.807, 2.05) is 36.4 Å². The van der Waals surface area contributed by atoms with E-state index >= 15 is 0 Å². The monoisotopic (exact) mass is 511 g/mol. The zero-order chi connectivity index (χ0) is 22.5. The van der Waals surface area contributed by atoms with Crippen LogP contribution >= 0.6 is 35.1 Å². The largest absolute Gasteiger partial charge is 0.493 e. The predicted octanol–water partition coefficient (Wildman–Crippen LogP) is 6.44. The van der Waals surface area contributed by atoms with E-state index in [1.165, 1.54) is 10.4 Å². The molecule has 5 aromatic rings. The highest BCUT2D eigenvalue weighted by Crippen LogP contribution is 2.45. The quantitative estimate of drug-likeness (QED) is 0.300. The number of benzene rings is 2. The summed E-state index contributed by atoms with van der Waals surface area (Å²) >= 11 is 3.30. The lowest BCUT2D eigenvalue weighted by atomic mass is 10.0. The number of thiazole rings is 1. The number of nitrogens with zero attached hydrogens (tertiary/aromatic N) is 2. The molecule has 0 saturated carbocycles. The van der Waals surface area contributed by atoms with Crippen LogP contribution in [0.3, 0.4) is 0 Å². The maximum Gasteiger partial charge on any atom is 0.292 e. The number of likely N-dealkylation sites (N-methyl/N-ethyl adjacent to an activating group) is 1. The summed E-state index contributed by atoms with van der Waals surface area (Å²) in [6.07, 6.45) is 0.936. The molecule has 0 atom stereocenters. The maximum atomic E-state index is 13.2. The van der Waals surface area contributed by atoms with Crippen molar-refractivity contribution in [2.24, 2.45) is 0 Å². The summed E-state index contributed by atoms with van der Waals surface area (Å²) in [5.74, 6) is 0.590. The van der Waals surface area contributed by atoms with Gasteiger partial charge in [0.1, 0.15) is 10.0 Å². The van der Waals surface area contributed by atoms with Crippen molar-refractivity contribution in [2.45, 2.75) is 13.0 Å². The van der Waals surface area contributed by atoms with Gasteiger partial charge in [0.2, 0.25) is 0 Å². The van der Waals surface area contributed by atoms with E-state index in [9.17, 15) is 4.79 Å². The molecule has 34 heavy (non-hydrogen) atoms.